The van der Waals surface area contributed by atoms with Crippen LogP contribution in [0, 0.1) is 6.92 Å². The van der Waals surface area contributed by atoms with Crippen LogP contribution in [0.25, 0.3) is 66.7 Å². The zero-order chi connectivity index (χ0) is 33.0. The molecule has 0 aliphatic heterocycles. The first-order chi connectivity index (χ1) is 23.3. The first kappa shape index (κ1) is 30.1. The van der Waals surface area contributed by atoms with Gasteiger partial charge in [0.2, 0.25) is 0 Å². The highest BCUT2D eigenvalue weighted by Gasteiger charge is 2.27. The highest BCUT2D eigenvalue weighted by atomic mass is 16.3. The molecule has 0 saturated heterocycles. The smallest absolute Gasteiger partial charge is 0.145 e. The van der Waals surface area contributed by atoms with Gasteiger partial charge in [-0.3, -0.25) is 4.98 Å². The Balaban J connectivity index is 1.31. The van der Waals surface area contributed by atoms with Gasteiger partial charge < -0.3 is 9.67 Å². The van der Waals surface area contributed by atoms with Crippen LogP contribution in [0.3, 0.4) is 0 Å². The standard InChI is InChI=1S/C44H41N3O/c1-28-24-25-45-42-36(22-21-34(40(28)42)29-12-6-5-7-13-29)31-15-10-14-30(26-31)35-18-11-19-38-41(35)46-43(47(38)33-16-8-9-17-33)37-27-32(44(2,3)4)20-23-39(37)48/h5-7,10-15,18-27,33,48H,8-9,16-17H2,1-4H3. The van der Waals surface area contributed by atoms with Crippen molar-refractivity contribution in [2.75, 3.05) is 0 Å². The van der Waals surface area contributed by atoms with E-state index in [4.69, 9.17) is 9.97 Å². The fourth-order valence-electron chi connectivity index (χ4n) is 7.63. The number of imidazole rings is 1. The van der Waals surface area contributed by atoms with Crippen LogP contribution in [0.15, 0.2) is 115 Å². The lowest BCUT2D eigenvalue weighted by Gasteiger charge is -2.21. The molecule has 0 amide bonds. The van der Waals surface area contributed by atoms with E-state index in [9.17, 15) is 5.11 Å². The molecular weight excluding hydrogens is 587 g/mol. The summed E-state index contributed by atoms with van der Waals surface area (Å²) in [6, 6.07) is 38.8. The molecule has 0 radical (unpaired) electrons. The number of hydrogen-bond acceptors (Lipinski definition) is 3. The molecule has 4 heteroatoms. The van der Waals surface area contributed by atoms with Crippen LogP contribution in [-0.4, -0.2) is 19.6 Å². The van der Waals surface area contributed by atoms with Gasteiger partial charge in [0.25, 0.3) is 0 Å². The molecule has 1 aliphatic rings. The van der Waals surface area contributed by atoms with Crippen molar-refractivity contribution in [1.29, 1.82) is 0 Å². The monoisotopic (exact) mass is 627 g/mol. The van der Waals surface area contributed by atoms with Crippen molar-refractivity contribution in [3.8, 4) is 50.5 Å². The van der Waals surface area contributed by atoms with E-state index in [0.29, 0.717) is 6.04 Å². The third kappa shape index (κ3) is 5.16. The zero-order valence-corrected chi connectivity index (χ0v) is 28.2. The molecule has 1 saturated carbocycles. The molecule has 7 aromatic rings. The van der Waals surface area contributed by atoms with Crippen molar-refractivity contribution in [1.82, 2.24) is 14.5 Å². The summed E-state index contributed by atoms with van der Waals surface area (Å²) >= 11 is 0. The van der Waals surface area contributed by atoms with E-state index < -0.39 is 0 Å². The number of aromatic nitrogens is 3. The second kappa shape index (κ2) is 11.8. The number of phenolic OH excluding ortho intramolecular Hbond substituents is 1. The third-order valence-corrected chi connectivity index (χ3v) is 10.2. The summed E-state index contributed by atoms with van der Waals surface area (Å²) in [6.45, 7) is 8.81. The Labute approximate surface area is 282 Å². The number of aromatic hydroxyl groups is 1. The minimum absolute atomic E-state index is 0.0465. The quantitative estimate of drug-likeness (QED) is 0.207. The Kier molecular flexibility index (Phi) is 7.40. The number of pyridine rings is 1. The first-order valence-electron chi connectivity index (χ1n) is 17.2. The van der Waals surface area contributed by atoms with Gasteiger partial charge >= 0.3 is 0 Å². The topological polar surface area (TPSA) is 50.9 Å². The summed E-state index contributed by atoms with van der Waals surface area (Å²) in [5, 5.41) is 12.4. The van der Waals surface area contributed by atoms with Crippen molar-refractivity contribution in [3.05, 3.63) is 127 Å². The molecule has 0 atom stereocenters. The summed E-state index contributed by atoms with van der Waals surface area (Å²) in [4.78, 5) is 10.3. The number of benzene rings is 5. The number of para-hydroxylation sites is 1. The number of hydrogen-bond donors (Lipinski definition) is 1. The van der Waals surface area contributed by atoms with Crippen molar-refractivity contribution < 1.29 is 5.11 Å². The molecule has 0 unspecified atom stereocenters. The molecule has 1 N–H and O–H groups in total. The normalized spacial score (nSPS) is 13.9. The van der Waals surface area contributed by atoms with Gasteiger partial charge in [-0.1, -0.05) is 112 Å². The minimum Gasteiger partial charge on any atom is -0.507 e. The van der Waals surface area contributed by atoms with Crippen LogP contribution < -0.4 is 0 Å². The van der Waals surface area contributed by atoms with Gasteiger partial charge in [-0.2, -0.15) is 0 Å². The van der Waals surface area contributed by atoms with Crippen LogP contribution in [0.5, 0.6) is 5.75 Å². The van der Waals surface area contributed by atoms with Crippen molar-refractivity contribution in [3.63, 3.8) is 0 Å². The molecule has 0 bridgehead atoms. The molecule has 238 valence electrons. The maximum atomic E-state index is 11.2. The van der Waals surface area contributed by atoms with E-state index in [1.165, 1.54) is 40.5 Å². The fraction of sp³-hybridized carbons (Fsp3) is 0.227. The minimum atomic E-state index is -0.0465. The lowest BCUT2D eigenvalue weighted by atomic mass is 9.86. The molecule has 2 heterocycles. The molecule has 5 aromatic carbocycles. The van der Waals surface area contributed by atoms with Gasteiger partial charge in [0, 0.05) is 28.8 Å². The average Bonchev–Trinajstić information content (AvgIpc) is 3.76. The Hall–Kier alpha value is -5.22. The number of nitrogens with zero attached hydrogens (tertiary/aromatic N) is 3. The van der Waals surface area contributed by atoms with Crippen LogP contribution in [0.2, 0.25) is 0 Å². The number of phenols is 1. The molecular formula is C44H41N3O. The summed E-state index contributed by atoms with van der Waals surface area (Å²) < 4.78 is 2.42. The maximum absolute atomic E-state index is 11.2. The van der Waals surface area contributed by atoms with Gasteiger partial charge in [-0.25, -0.2) is 4.98 Å². The molecule has 48 heavy (non-hydrogen) atoms. The number of fused-ring (bicyclic) bond motifs is 2. The first-order valence-corrected chi connectivity index (χ1v) is 17.2. The van der Waals surface area contributed by atoms with E-state index >= 15 is 0 Å². The Morgan fingerprint density at radius 1 is 0.667 bits per heavy atom. The summed E-state index contributed by atoms with van der Waals surface area (Å²) in [6.07, 6.45) is 6.59. The third-order valence-electron chi connectivity index (χ3n) is 10.2. The van der Waals surface area contributed by atoms with E-state index in [1.807, 2.05) is 18.3 Å². The van der Waals surface area contributed by atoms with Gasteiger partial charge in [0.1, 0.15) is 11.6 Å². The van der Waals surface area contributed by atoms with Gasteiger partial charge in [-0.05, 0) is 88.9 Å². The zero-order valence-electron chi connectivity index (χ0n) is 28.2. The lowest BCUT2D eigenvalue weighted by molar-refractivity contribution is 0.473. The SMILES string of the molecule is Cc1ccnc2c(-c3cccc(-c4cccc5c4nc(-c4cc(C(C)(C)C)ccc4O)n5C4CCCC4)c3)ccc(-c3ccccc3)c12. The van der Waals surface area contributed by atoms with Gasteiger partial charge in [0.05, 0.1) is 22.1 Å². The van der Waals surface area contributed by atoms with Crippen molar-refractivity contribution in [2.24, 2.45) is 0 Å². The largest absolute Gasteiger partial charge is 0.507 e. The Morgan fingerprint density at radius 3 is 2.10 bits per heavy atom. The Bertz CT molecular complexity index is 2300. The van der Waals surface area contributed by atoms with Crippen LogP contribution in [0.4, 0.5) is 0 Å². The second-order valence-corrected chi connectivity index (χ2v) is 14.4. The molecule has 0 spiro atoms. The summed E-state index contributed by atoms with van der Waals surface area (Å²) in [5.41, 5.74) is 13.1. The molecule has 2 aromatic heterocycles. The summed E-state index contributed by atoms with van der Waals surface area (Å²) in [7, 11) is 0. The van der Waals surface area contributed by atoms with Gasteiger partial charge in [-0.15, -0.1) is 0 Å². The maximum Gasteiger partial charge on any atom is 0.145 e. The Morgan fingerprint density at radius 2 is 1.35 bits per heavy atom. The van der Waals surface area contributed by atoms with Crippen LogP contribution >= 0.6 is 0 Å². The highest BCUT2D eigenvalue weighted by molar-refractivity contribution is 6.05. The molecule has 1 fully saturated rings. The number of rotatable bonds is 5. The average molecular weight is 628 g/mol. The van der Waals surface area contributed by atoms with E-state index in [1.54, 1.807) is 0 Å². The molecule has 1 aliphatic carbocycles. The van der Waals surface area contributed by atoms with Crippen LogP contribution in [-0.2, 0) is 5.41 Å². The van der Waals surface area contributed by atoms with Crippen LogP contribution in [0.1, 0.15) is 63.6 Å². The van der Waals surface area contributed by atoms with E-state index in [0.717, 1.165) is 63.0 Å². The highest BCUT2D eigenvalue weighted by Crippen LogP contribution is 2.43. The molecule has 8 rings (SSSR count). The predicted molar refractivity (Wildman–Crippen MR) is 199 cm³/mol. The fourth-order valence-corrected chi connectivity index (χ4v) is 7.63. The van der Waals surface area contributed by atoms with Crippen molar-refractivity contribution in [2.45, 2.75) is 64.8 Å². The molecule has 4 nitrogen and oxygen atoms in total. The predicted octanol–water partition coefficient (Wildman–Crippen LogP) is 11.7. The van der Waals surface area contributed by atoms with E-state index in [2.05, 4.69) is 129 Å². The summed E-state index contributed by atoms with van der Waals surface area (Å²) in [5.74, 6) is 1.13. The number of aryl methyl sites for hydroxylation is 1. The van der Waals surface area contributed by atoms with E-state index in [-0.39, 0.29) is 11.2 Å². The van der Waals surface area contributed by atoms with Crippen molar-refractivity contribution >= 4 is 21.9 Å². The lowest BCUT2D eigenvalue weighted by Crippen LogP contribution is -2.12. The van der Waals surface area contributed by atoms with Gasteiger partial charge in [0.15, 0.2) is 0 Å². The second-order valence-electron chi connectivity index (χ2n) is 14.4.